The van der Waals surface area contributed by atoms with Gasteiger partial charge in [-0.2, -0.15) is 0 Å². The van der Waals surface area contributed by atoms with E-state index in [2.05, 4.69) is 4.90 Å². The molecule has 1 unspecified atom stereocenters. The van der Waals surface area contributed by atoms with Crippen molar-refractivity contribution in [3.63, 3.8) is 0 Å². The van der Waals surface area contributed by atoms with Crippen LogP contribution in [0.4, 0.5) is 5.69 Å². The molecule has 1 aliphatic heterocycles. The molecule has 0 spiro atoms. The third-order valence-electron chi connectivity index (χ3n) is 3.51. The average Bonchev–Trinajstić information content (AvgIpc) is 2.90. The van der Waals surface area contributed by atoms with Crippen molar-refractivity contribution in [1.82, 2.24) is 4.90 Å². The maximum absolute atomic E-state index is 10.6. The summed E-state index contributed by atoms with van der Waals surface area (Å²) in [7, 11) is 0. The van der Waals surface area contributed by atoms with Gasteiger partial charge in [-0.15, -0.1) is 0 Å². The van der Waals surface area contributed by atoms with Crippen LogP contribution in [0.15, 0.2) is 24.3 Å². The summed E-state index contributed by atoms with van der Waals surface area (Å²) in [5, 5.41) is 10.6. The highest BCUT2D eigenvalue weighted by Crippen LogP contribution is 2.28. The lowest BCUT2D eigenvalue weighted by atomic mass is 10.0. The molecule has 0 bridgehead atoms. The van der Waals surface area contributed by atoms with Crippen molar-refractivity contribution in [3.8, 4) is 0 Å². The molecule has 1 heterocycles. The molecule has 1 saturated heterocycles. The maximum atomic E-state index is 10.6. The van der Waals surface area contributed by atoms with E-state index in [1.54, 1.807) is 12.1 Å². The Bertz CT molecular complexity index is 399. The standard InChI is InChI=1S/C13H19N3O2/c14-8-7-13(15-9-1-2-10-15)11-3-5-12(6-4-11)16(17)18/h3-6,13H,1-2,7-10,14H2. The van der Waals surface area contributed by atoms with Gasteiger partial charge in [-0.3, -0.25) is 15.0 Å². The number of hydrogen-bond donors (Lipinski definition) is 1. The lowest BCUT2D eigenvalue weighted by Crippen LogP contribution is -2.27. The average molecular weight is 249 g/mol. The van der Waals surface area contributed by atoms with E-state index in [4.69, 9.17) is 5.73 Å². The van der Waals surface area contributed by atoms with Gasteiger partial charge in [0.15, 0.2) is 0 Å². The summed E-state index contributed by atoms with van der Waals surface area (Å²) in [5.41, 5.74) is 6.96. The Labute approximate surface area is 107 Å². The fourth-order valence-electron chi connectivity index (χ4n) is 2.59. The summed E-state index contributed by atoms with van der Waals surface area (Å²) in [4.78, 5) is 12.7. The second-order valence-electron chi connectivity index (χ2n) is 4.68. The van der Waals surface area contributed by atoms with Gasteiger partial charge in [0.1, 0.15) is 0 Å². The highest BCUT2D eigenvalue weighted by Gasteiger charge is 2.23. The van der Waals surface area contributed by atoms with Gasteiger partial charge in [-0.05, 0) is 44.5 Å². The quantitative estimate of drug-likeness (QED) is 0.640. The predicted molar refractivity (Wildman–Crippen MR) is 70.3 cm³/mol. The molecule has 1 atom stereocenters. The minimum Gasteiger partial charge on any atom is -0.330 e. The highest BCUT2D eigenvalue weighted by atomic mass is 16.6. The normalized spacial score (nSPS) is 17.8. The molecule has 98 valence electrons. The van der Waals surface area contributed by atoms with Crippen LogP contribution in [0.3, 0.4) is 0 Å². The Morgan fingerprint density at radius 2 is 1.89 bits per heavy atom. The number of nitro groups is 1. The summed E-state index contributed by atoms with van der Waals surface area (Å²) in [6, 6.07) is 7.18. The van der Waals surface area contributed by atoms with Crippen LogP contribution >= 0.6 is 0 Å². The largest absolute Gasteiger partial charge is 0.330 e. The number of benzene rings is 1. The van der Waals surface area contributed by atoms with E-state index in [0.717, 1.165) is 25.1 Å². The first-order valence-corrected chi connectivity index (χ1v) is 6.41. The van der Waals surface area contributed by atoms with Gasteiger partial charge in [-0.25, -0.2) is 0 Å². The molecule has 1 aromatic rings. The second kappa shape index (κ2) is 5.93. The van der Waals surface area contributed by atoms with E-state index in [0.29, 0.717) is 12.6 Å². The van der Waals surface area contributed by atoms with Gasteiger partial charge in [0.2, 0.25) is 0 Å². The summed E-state index contributed by atoms with van der Waals surface area (Å²) in [6.45, 7) is 2.83. The molecule has 1 fully saturated rings. The summed E-state index contributed by atoms with van der Waals surface area (Å²) >= 11 is 0. The lowest BCUT2D eigenvalue weighted by Gasteiger charge is -2.27. The molecule has 0 aromatic heterocycles. The summed E-state index contributed by atoms with van der Waals surface area (Å²) < 4.78 is 0. The fourth-order valence-corrected chi connectivity index (χ4v) is 2.59. The van der Waals surface area contributed by atoms with Gasteiger partial charge in [0.25, 0.3) is 5.69 Å². The molecule has 2 rings (SSSR count). The molecule has 5 nitrogen and oxygen atoms in total. The van der Waals surface area contributed by atoms with Crippen molar-refractivity contribution in [2.75, 3.05) is 19.6 Å². The molecular formula is C13H19N3O2. The van der Waals surface area contributed by atoms with Crippen LogP contribution in [0.1, 0.15) is 30.9 Å². The number of rotatable bonds is 5. The lowest BCUT2D eigenvalue weighted by molar-refractivity contribution is -0.384. The van der Waals surface area contributed by atoms with Crippen molar-refractivity contribution >= 4 is 5.69 Å². The summed E-state index contributed by atoms with van der Waals surface area (Å²) in [5.74, 6) is 0. The third-order valence-corrected chi connectivity index (χ3v) is 3.51. The van der Waals surface area contributed by atoms with E-state index in [9.17, 15) is 10.1 Å². The van der Waals surface area contributed by atoms with Crippen LogP contribution in [-0.2, 0) is 0 Å². The number of nitrogens with zero attached hydrogens (tertiary/aromatic N) is 2. The fraction of sp³-hybridized carbons (Fsp3) is 0.538. The molecule has 0 radical (unpaired) electrons. The van der Waals surface area contributed by atoms with Gasteiger partial charge in [0.05, 0.1) is 4.92 Å². The van der Waals surface area contributed by atoms with Crippen molar-refractivity contribution in [1.29, 1.82) is 0 Å². The monoisotopic (exact) mass is 249 g/mol. The van der Waals surface area contributed by atoms with Crippen molar-refractivity contribution in [2.24, 2.45) is 5.73 Å². The summed E-state index contributed by atoms with van der Waals surface area (Å²) in [6.07, 6.45) is 3.36. The van der Waals surface area contributed by atoms with E-state index >= 15 is 0 Å². The SMILES string of the molecule is NCCC(c1ccc([N+](=O)[O-])cc1)N1CCCC1. The molecule has 0 amide bonds. The molecule has 1 aromatic carbocycles. The molecule has 18 heavy (non-hydrogen) atoms. The van der Waals surface area contributed by atoms with Crippen molar-refractivity contribution in [2.45, 2.75) is 25.3 Å². The van der Waals surface area contributed by atoms with E-state index in [1.165, 1.54) is 12.8 Å². The van der Waals surface area contributed by atoms with Crippen molar-refractivity contribution < 1.29 is 4.92 Å². The smallest absolute Gasteiger partial charge is 0.269 e. The Hall–Kier alpha value is -1.46. The van der Waals surface area contributed by atoms with Gasteiger partial charge >= 0.3 is 0 Å². The number of non-ortho nitro benzene ring substituents is 1. The first-order valence-electron chi connectivity index (χ1n) is 6.41. The van der Waals surface area contributed by atoms with E-state index < -0.39 is 0 Å². The van der Waals surface area contributed by atoms with Crippen molar-refractivity contribution in [3.05, 3.63) is 39.9 Å². The predicted octanol–water partition coefficient (Wildman–Crippen LogP) is 2.08. The maximum Gasteiger partial charge on any atom is 0.269 e. The van der Waals surface area contributed by atoms with E-state index in [1.807, 2.05) is 12.1 Å². The van der Waals surface area contributed by atoms with Crippen LogP contribution in [0.25, 0.3) is 0 Å². The Kier molecular flexibility index (Phi) is 4.28. The van der Waals surface area contributed by atoms with Gasteiger partial charge in [0, 0.05) is 18.2 Å². The first-order chi connectivity index (χ1) is 8.72. The zero-order chi connectivity index (χ0) is 13.0. The molecule has 2 N–H and O–H groups in total. The van der Waals surface area contributed by atoms with Gasteiger partial charge < -0.3 is 5.73 Å². The number of nitrogens with two attached hydrogens (primary N) is 1. The molecule has 0 saturated carbocycles. The van der Waals surface area contributed by atoms with Gasteiger partial charge in [-0.1, -0.05) is 12.1 Å². The molecular weight excluding hydrogens is 230 g/mol. The van der Waals surface area contributed by atoms with Crippen LogP contribution in [0.2, 0.25) is 0 Å². The third kappa shape index (κ3) is 2.86. The Morgan fingerprint density at radius 3 is 2.39 bits per heavy atom. The number of nitro benzene ring substituents is 1. The zero-order valence-corrected chi connectivity index (χ0v) is 10.4. The highest BCUT2D eigenvalue weighted by molar-refractivity contribution is 5.34. The Morgan fingerprint density at radius 1 is 1.28 bits per heavy atom. The van der Waals surface area contributed by atoms with Crippen LogP contribution in [-0.4, -0.2) is 29.5 Å². The topological polar surface area (TPSA) is 72.4 Å². The minimum absolute atomic E-state index is 0.145. The first kappa shape index (κ1) is 13.0. The number of likely N-dealkylation sites (tertiary alicyclic amines) is 1. The van der Waals surface area contributed by atoms with Crippen LogP contribution < -0.4 is 5.73 Å². The Balaban J connectivity index is 2.16. The zero-order valence-electron chi connectivity index (χ0n) is 10.4. The number of hydrogen-bond acceptors (Lipinski definition) is 4. The minimum atomic E-state index is -0.364. The molecule has 0 aliphatic carbocycles. The molecule has 5 heteroatoms. The second-order valence-corrected chi connectivity index (χ2v) is 4.68. The van der Waals surface area contributed by atoms with Crippen LogP contribution in [0, 0.1) is 10.1 Å². The van der Waals surface area contributed by atoms with E-state index in [-0.39, 0.29) is 10.6 Å². The van der Waals surface area contributed by atoms with Crippen LogP contribution in [0.5, 0.6) is 0 Å². The molecule has 1 aliphatic rings.